The van der Waals surface area contributed by atoms with Gasteiger partial charge in [0.2, 0.25) is 5.36 Å². The highest BCUT2D eigenvalue weighted by Gasteiger charge is 2.11. The highest BCUT2D eigenvalue weighted by Crippen LogP contribution is 2.34. The molecule has 0 fully saturated rings. The molecule has 0 aromatic heterocycles. The van der Waals surface area contributed by atoms with Crippen molar-refractivity contribution in [2.45, 2.75) is 6.92 Å². The van der Waals surface area contributed by atoms with Crippen molar-refractivity contribution in [3.05, 3.63) is 35.7 Å². The van der Waals surface area contributed by atoms with Gasteiger partial charge in [-0.25, -0.2) is 9.56 Å². The van der Waals surface area contributed by atoms with Gasteiger partial charge in [-0.15, -0.1) is 11.3 Å². The minimum absolute atomic E-state index is 0.596. The van der Waals surface area contributed by atoms with Crippen molar-refractivity contribution in [1.82, 2.24) is 9.56 Å². The van der Waals surface area contributed by atoms with E-state index < -0.39 is 0 Å². The Labute approximate surface area is 127 Å². The summed E-state index contributed by atoms with van der Waals surface area (Å²) in [5.74, 6) is 0.703. The second kappa shape index (κ2) is 5.33. The third-order valence-electron chi connectivity index (χ3n) is 3.31. The van der Waals surface area contributed by atoms with Crippen LogP contribution in [0.25, 0.3) is 20.8 Å². The molecule has 2 N–H and O–H groups in total. The summed E-state index contributed by atoms with van der Waals surface area (Å²) in [5.41, 5.74) is 8.61. The summed E-state index contributed by atoms with van der Waals surface area (Å²) in [6.45, 7) is 2.54. The largest absolute Gasteiger partial charge is 0.492 e. The minimum Gasteiger partial charge on any atom is -0.492 e. The Hall–Kier alpha value is -2.14. The van der Waals surface area contributed by atoms with Gasteiger partial charge in [0.25, 0.3) is 0 Å². The Kier molecular flexibility index (Phi) is 3.51. The first kappa shape index (κ1) is 13.8. The van der Waals surface area contributed by atoms with Crippen molar-refractivity contribution < 1.29 is 4.74 Å². The number of hydrogen-bond donors (Lipinski definition) is 1. The number of aromatic nitrogens is 1. The Morgan fingerprint density at radius 2 is 2.05 bits per heavy atom. The molecule has 0 bridgehead atoms. The molecule has 1 aliphatic carbocycles. The van der Waals surface area contributed by atoms with E-state index in [2.05, 4.69) is 22.8 Å². The van der Waals surface area contributed by atoms with E-state index in [0.29, 0.717) is 18.0 Å². The molecule has 0 radical (unpaired) electrons. The van der Waals surface area contributed by atoms with E-state index in [1.54, 1.807) is 11.3 Å². The van der Waals surface area contributed by atoms with Crippen LogP contribution in [0.1, 0.15) is 6.92 Å². The first-order valence-corrected chi connectivity index (χ1v) is 7.67. The van der Waals surface area contributed by atoms with Crippen molar-refractivity contribution in [2.75, 3.05) is 26.4 Å². The van der Waals surface area contributed by atoms with Gasteiger partial charge in [0.05, 0.1) is 33.1 Å². The standard InChI is InChI=1S/C16H17N3OS/c1-4-20-14-9-13-16(8-11(14)17)21-15-7-10(19(2)3)5-6-12(15)18-13/h5-9,17H,4H2,1-3H3/p+1. The van der Waals surface area contributed by atoms with E-state index in [9.17, 15) is 0 Å². The number of nitrogens with zero attached hydrogens (tertiary/aromatic N) is 2. The van der Waals surface area contributed by atoms with E-state index in [0.717, 1.165) is 20.8 Å². The summed E-state index contributed by atoms with van der Waals surface area (Å²) in [5, 5.41) is 1.17. The van der Waals surface area contributed by atoms with Crippen LogP contribution in [0.2, 0.25) is 0 Å². The van der Waals surface area contributed by atoms with Crippen LogP contribution < -0.4 is 20.4 Å². The van der Waals surface area contributed by atoms with Crippen LogP contribution in [-0.2, 0) is 0 Å². The molecule has 3 rings (SSSR count). The van der Waals surface area contributed by atoms with E-state index in [1.165, 1.54) is 5.36 Å². The average molecular weight is 300 g/mol. The Bertz CT molecular complexity index is 850. The summed E-state index contributed by atoms with van der Waals surface area (Å²) in [6.07, 6.45) is 0. The lowest BCUT2D eigenvalue weighted by Gasteiger charge is -2.10. The van der Waals surface area contributed by atoms with Gasteiger partial charge >= 0.3 is 0 Å². The second-order valence-corrected chi connectivity index (χ2v) is 6.13. The summed E-state index contributed by atoms with van der Waals surface area (Å²) >= 11 is 1.70. The van der Waals surface area contributed by atoms with Gasteiger partial charge in [0.15, 0.2) is 0 Å². The topological polar surface area (TPSA) is 51.2 Å². The first-order chi connectivity index (χ1) is 10.1. The molecule has 0 amide bonds. The van der Waals surface area contributed by atoms with Gasteiger partial charge in [-0.3, -0.25) is 0 Å². The van der Waals surface area contributed by atoms with Gasteiger partial charge in [0.1, 0.15) is 19.8 Å². The second-order valence-electron chi connectivity index (χ2n) is 5.05. The quantitative estimate of drug-likeness (QED) is 0.449. The number of hydrogen-bond acceptors (Lipinski definition) is 4. The molecule has 108 valence electrons. The SMILES string of the molecule is CCOc1cc2nc3ccc(=[N+](C)C)cc-3sc2cc1N. The van der Waals surface area contributed by atoms with Gasteiger partial charge < -0.3 is 10.5 Å². The van der Waals surface area contributed by atoms with E-state index in [4.69, 9.17) is 15.5 Å². The monoisotopic (exact) mass is 300 g/mol. The highest BCUT2D eigenvalue weighted by molar-refractivity contribution is 7.21. The van der Waals surface area contributed by atoms with Gasteiger partial charge in [-0.05, 0) is 19.1 Å². The number of nitrogen functional groups attached to an aromatic ring is 1. The van der Waals surface area contributed by atoms with Crippen LogP contribution in [0.15, 0.2) is 30.3 Å². The predicted molar refractivity (Wildman–Crippen MR) is 88.9 cm³/mol. The summed E-state index contributed by atoms with van der Waals surface area (Å²) in [6, 6.07) is 10.1. The molecule has 1 aliphatic heterocycles. The zero-order valence-electron chi connectivity index (χ0n) is 12.4. The van der Waals surface area contributed by atoms with Crippen LogP contribution >= 0.6 is 11.3 Å². The molecule has 1 aromatic carbocycles. The molecule has 0 atom stereocenters. The Morgan fingerprint density at radius 1 is 1.24 bits per heavy atom. The molecule has 2 aliphatic rings. The fourth-order valence-electron chi connectivity index (χ4n) is 2.22. The average Bonchev–Trinajstić information content (AvgIpc) is 2.45. The molecular weight excluding hydrogens is 282 g/mol. The zero-order chi connectivity index (χ0) is 15.0. The van der Waals surface area contributed by atoms with Crippen molar-refractivity contribution >= 4 is 27.2 Å². The summed E-state index contributed by atoms with van der Waals surface area (Å²) in [7, 11) is 4.07. The van der Waals surface area contributed by atoms with E-state index in [1.807, 2.05) is 33.2 Å². The third kappa shape index (κ3) is 2.56. The number of benzene rings is 2. The third-order valence-corrected chi connectivity index (χ3v) is 4.41. The highest BCUT2D eigenvalue weighted by atomic mass is 32.1. The predicted octanol–water partition coefficient (Wildman–Crippen LogP) is 2.41. The van der Waals surface area contributed by atoms with Crippen molar-refractivity contribution in [1.29, 1.82) is 0 Å². The molecular formula is C16H18N3OS+. The van der Waals surface area contributed by atoms with E-state index in [-0.39, 0.29) is 0 Å². The zero-order valence-corrected chi connectivity index (χ0v) is 13.2. The number of nitrogens with two attached hydrogens (primary N) is 1. The van der Waals surface area contributed by atoms with Crippen LogP contribution in [0.5, 0.6) is 5.75 Å². The Balaban J connectivity index is 2.28. The molecule has 5 heteroatoms. The smallest absolute Gasteiger partial charge is 0.201 e. The van der Waals surface area contributed by atoms with Gasteiger partial charge in [-0.2, -0.15) is 0 Å². The lowest BCUT2D eigenvalue weighted by atomic mass is 10.2. The van der Waals surface area contributed by atoms with Crippen LogP contribution in [0.4, 0.5) is 5.69 Å². The molecule has 0 saturated heterocycles. The summed E-state index contributed by atoms with van der Waals surface area (Å²) in [4.78, 5) is 5.87. The maximum Gasteiger partial charge on any atom is 0.201 e. The molecule has 1 aromatic rings. The molecule has 0 unspecified atom stereocenters. The van der Waals surface area contributed by atoms with Crippen molar-refractivity contribution in [3.8, 4) is 16.3 Å². The van der Waals surface area contributed by atoms with Gasteiger partial charge in [-0.1, -0.05) is 0 Å². The fourth-order valence-corrected chi connectivity index (χ4v) is 3.25. The maximum atomic E-state index is 6.04. The molecule has 0 spiro atoms. The molecule has 21 heavy (non-hydrogen) atoms. The number of rotatable bonds is 2. The number of ether oxygens (including phenoxy) is 1. The van der Waals surface area contributed by atoms with Crippen LogP contribution in [0, 0.1) is 0 Å². The Morgan fingerprint density at radius 3 is 2.76 bits per heavy atom. The van der Waals surface area contributed by atoms with Crippen LogP contribution in [0.3, 0.4) is 0 Å². The fraction of sp³-hybridized carbons (Fsp3) is 0.250. The van der Waals surface area contributed by atoms with Crippen LogP contribution in [-0.4, -0.2) is 25.7 Å². The number of anilines is 1. The molecule has 0 saturated carbocycles. The van der Waals surface area contributed by atoms with Gasteiger partial charge in [0, 0.05) is 18.2 Å². The van der Waals surface area contributed by atoms with E-state index >= 15 is 0 Å². The minimum atomic E-state index is 0.596. The normalized spacial score (nSPS) is 11.0. The first-order valence-electron chi connectivity index (χ1n) is 6.85. The lowest BCUT2D eigenvalue weighted by molar-refractivity contribution is 0.342. The summed E-state index contributed by atoms with van der Waals surface area (Å²) < 4.78 is 8.70. The molecule has 1 heterocycles. The lowest BCUT2D eigenvalue weighted by Crippen LogP contribution is -2.21. The maximum absolute atomic E-state index is 6.04. The molecule has 4 nitrogen and oxygen atoms in total. The number of fused-ring (bicyclic) bond motifs is 2. The van der Waals surface area contributed by atoms with Crippen molar-refractivity contribution in [3.63, 3.8) is 0 Å². The van der Waals surface area contributed by atoms with Crippen molar-refractivity contribution in [2.24, 2.45) is 0 Å².